The van der Waals surface area contributed by atoms with Crippen molar-refractivity contribution in [3.8, 4) is 0 Å². The van der Waals surface area contributed by atoms with Crippen LogP contribution < -0.4 is 5.32 Å². The molecule has 1 aliphatic carbocycles. The zero-order valence-electron chi connectivity index (χ0n) is 11.5. The predicted molar refractivity (Wildman–Crippen MR) is 79.1 cm³/mol. The first-order valence-electron chi connectivity index (χ1n) is 6.79. The smallest absolute Gasteiger partial charge is 0.339 e. The summed E-state index contributed by atoms with van der Waals surface area (Å²) in [5, 5.41) is 12.5. The van der Waals surface area contributed by atoms with Gasteiger partial charge in [0.1, 0.15) is 5.00 Å². The zero-order valence-corrected chi connectivity index (χ0v) is 12.3. The van der Waals surface area contributed by atoms with Crippen molar-refractivity contribution in [2.75, 3.05) is 5.32 Å². The average molecular weight is 305 g/mol. The maximum Gasteiger partial charge on any atom is 0.339 e. The van der Waals surface area contributed by atoms with Crippen LogP contribution in [0.4, 0.5) is 5.00 Å². The molecule has 2 N–H and O–H groups in total. The second-order valence-corrected chi connectivity index (χ2v) is 6.40. The largest absolute Gasteiger partial charge is 0.478 e. The van der Waals surface area contributed by atoms with E-state index in [0.29, 0.717) is 10.9 Å². The molecule has 0 unspecified atom stereocenters. The van der Waals surface area contributed by atoms with Gasteiger partial charge in [0.2, 0.25) is 0 Å². The molecule has 0 saturated carbocycles. The quantitative estimate of drug-likeness (QED) is 0.910. The maximum absolute atomic E-state index is 12.0. The van der Waals surface area contributed by atoms with Crippen LogP contribution in [0.2, 0.25) is 0 Å². The van der Waals surface area contributed by atoms with E-state index in [1.807, 2.05) is 0 Å². The summed E-state index contributed by atoms with van der Waals surface area (Å²) in [6.45, 7) is 2.16. The van der Waals surface area contributed by atoms with Crippen LogP contribution in [0.1, 0.15) is 44.7 Å². The zero-order chi connectivity index (χ0) is 15.0. The van der Waals surface area contributed by atoms with Crippen molar-refractivity contribution in [3.05, 3.63) is 40.2 Å². The monoisotopic (exact) mass is 305 g/mol. The number of carboxylic acids is 1. The molecule has 2 aromatic heterocycles. The van der Waals surface area contributed by atoms with Crippen LogP contribution in [-0.2, 0) is 12.8 Å². The summed E-state index contributed by atoms with van der Waals surface area (Å²) in [4.78, 5) is 24.6. The standard InChI is InChI=1S/C15H15NO4S/c1-8-4-5-9-11(7-8)21-14(12(9)15(18)19)16-13(17)10-3-2-6-20-10/h2-3,6,8H,4-5,7H2,1H3,(H,16,17)(H,18,19)/t8-/m1/s1. The summed E-state index contributed by atoms with van der Waals surface area (Å²) >= 11 is 1.37. The maximum atomic E-state index is 12.0. The molecule has 0 aromatic carbocycles. The minimum atomic E-state index is -0.989. The fourth-order valence-corrected chi connectivity index (χ4v) is 4.04. The van der Waals surface area contributed by atoms with E-state index in [2.05, 4.69) is 12.2 Å². The van der Waals surface area contributed by atoms with Gasteiger partial charge in [0.25, 0.3) is 5.91 Å². The highest BCUT2D eigenvalue weighted by Crippen LogP contribution is 2.39. The summed E-state index contributed by atoms with van der Waals surface area (Å²) < 4.78 is 5.03. The van der Waals surface area contributed by atoms with Crippen molar-refractivity contribution in [2.45, 2.75) is 26.2 Å². The summed E-state index contributed by atoms with van der Waals surface area (Å²) in [6.07, 6.45) is 4.02. The molecule has 0 saturated heterocycles. The predicted octanol–water partition coefficient (Wildman–Crippen LogP) is 3.42. The van der Waals surface area contributed by atoms with Gasteiger partial charge in [0, 0.05) is 4.88 Å². The van der Waals surface area contributed by atoms with E-state index >= 15 is 0 Å². The molecular weight excluding hydrogens is 290 g/mol. The first kappa shape index (κ1) is 13.9. The number of anilines is 1. The van der Waals surface area contributed by atoms with E-state index in [0.717, 1.165) is 29.7 Å². The van der Waals surface area contributed by atoms with Crippen molar-refractivity contribution in [3.63, 3.8) is 0 Å². The van der Waals surface area contributed by atoms with E-state index in [4.69, 9.17) is 4.42 Å². The third-order valence-corrected chi connectivity index (χ3v) is 4.87. The number of carbonyl (C=O) groups excluding carboxylic acids is 1. The van der Waals surface area contributed by atoms with Gasteiger partial charge < -0.3 is 14.8 Å². The van der Waals surface area contributed by atoms with Crippen molar-refractivity contribution in [2.24, 2.45) is 5.92 Å². The van der Waals surface area contributed by atoms with Crippen LogP contribution in [0.25, 0.3) is 0 Å². The number of furan rings is 1. The Morgan fingerprint density at radius 1 is 1.48 bits per heavy atom. The van der Waals surface area contributed by atoms with Crippen LogP contribution in [-0.4, -0.2) is 17.0 Å². The van der Waals surface area contributed by atoms with E-state index in [1.54, 1.807) is 12.1 Å². The molecule has 0 fully saturated rings. The van der Waals surface area contributed by atoms with Gasteiger partial charge in [-0.2, -0.15) is 0 Å². The Morgan fingerprint density at radius 2 is 2.29 bits per heavy atom. The third kappa shape index (κ3) is 2.58. The molecule has 1 atom stereocenters. The number of carbonyl (C=O) groups is 2. The van der Waals surface area contributed by atoms with E-state index < -0.39 is 11.9 Å². The molecule has 2 aromatic rings. The Balaban J connectivity index is 1.95. The molecule has 5 nitrogen and oxygen atoms in total. The van der Waals surface area contributed by atoms with Crippen molar-refractivity contribution in [1.29, 1.82) is 0 Å². The fourth-order valence-electron chi connectivity index (χ4n) is 2.64. The Morgan fingerprint density at radius 3 is 2.95 bits per heavy atom. The summed E-state index contributed by atoms with van der Waals surface area (Å²) in [5.41, 5.74) is 1.11. The topological polar surface area (TPSA) is 79.5 Å². The van der Waals surface area contributed by atoms with Gasteiger partial charge in [0.05, 0.1) is 11.8 Å². The third-order valence-electron chi connectivity index (χ3n) is 3.70. The average Bonchev–Trinajstić information content (AvgIpc) is 3.04. The Bertz CT molecular complexity index is 687. The van der Waals surface area contributed by atoms with Gasteiger partial charge in [-0.05, 0) is 42.9 Å². The Labute approximate surface area is 125 Å². The van der Waals surface area contributed by atoms with Crippen LogP contribution in [0, 0.1) is 5.92 Å². The van der Waals surface area contributed by atoms with Gasteiger partial charge in [-0.1, -0.05) is 6.92 Å². The summed E-state index contributed by atoms with van der Waals surface area (Å²) in [7, 11) is 0. The van der Waals surface area contributed by atoms with Crippen molar-refractivity contribution >= 4 is 28.2 Å². The molecule has 1 aliphatic rings. The second kappa shape index (κ2) is 5.37. The lowest BCUT2D eigenvalue weighted by Gasteiger charge is -2.17. The number of carboxylic acid groups (broad SMARTS) is 1. The first-order chi connectivity index (χ1) is 10.1. The van der Waals surface area contributed by atoms with Gasteiger partial charge in [-0.15, -0.1) is 11.3 Å². The minimum absolute atomic E-state index is 0.172. The number of rotatable bonds is 3. The summed E-state index contributed by atoms with van der Waals surface area (Å²) in [6, 6.07) is 3.17. The highest BCUT2D eigenvalue weighted by Gasteiger charge is 2.28. The lowest BCUT2D eigenvalue weighted by Crippen LogP contribution is -2.14. The molecule has 0 spiro atoms. The number of aromatic carboxylic acids is 1. The van der Waals surface area contributed by atoms with Crippen molar-refractivity contribution < 1.29 is 19.1 Å². The van der Waals surface area contributed by atoms with Gasteiger partial charge in [0.15, 0.2) is 5.76 Å². The molecule has 1 amide bonds. The number of thiophene rings is 1. The highest BCUT2D eigenvalue weighted by atomic mass is 32.1. The normalized spacial score (nSPS) is 17.3. The van der Waals surface area contributed by atoms with Crippen LogP contribution in [0.15, 0.2) is 22.8 Å². The molecule has 0 aliphatic heterocycles. The van der Waals surface area contributed by atoms with Crippen LogP contribution >= 0.6 is 11.3 Å². The minimum Gasteiger partial charge on any atom is -0.478 e. The summed E-state index contributed by atoms with van der Waals surface area (Å²) in [5.74, 6) is -0.691. The number of amides is 1. The second-order valence-electron chi connectivity index (χ2n) is 5.29. The van der Waals surface area contributed by atoms with Crippen molar-refractivity contribution in [1.82, 2.24) is 0 Å². The van der Waals surface area contributed by atoms with Gasteiger partial charge in [-0.3, -0.25) is 4.79 Å². The molecule has 3 rings (SSSR count). The van der Waals surface area contributed by atoms with Crippen LogP contribution in [0.5, 0.6) is 0 Å². The number of hydrogen-bond acceptors (Lipinski definition) is 4. The number of hydrogen-bond donors (Lipinski definition) is 2. The number of nitrogens with one attached hydrogen (secondary N) is 1. The molecule has 6 heteroatoms. The fraction of sp³-hybridized carbons (Fsp3) is 0.333. The Kier molecular flexibility index (Phi) is 3.55. The van der Waals surface area contributed by atoms with E-state index in [9.17, 15) is 14.7 Å². The highest BCUT2D eigenvalue weighted by molar-refractivity contribution is 7.17. The molecule has 110 valence electrons. The number of fused-ring (bicyclic) bond motifs is 1. The lowest BCUT2D eigenvalue weighted by molar-refractivity contribution is 0.0697. The van der Waals surface area contributed by atoms with Gasteiger partial charge >= 0.3 is 5.97 Å². The SMILES string of the molecule is C[C@@H]1CCc2c(sc(NC(=O)c3ccco3)c2C(=O)O)C1. The lowest BCUT2D eigenvalue weighted by atomic mass is 9.88. The first-order valence-corrected chi connectivity index (χ1v) is 7.60. The molecule has 0 bridgehead atoms. The van der Waals surface area contributed by atoms with Gasteiger partial charge in [-0.25, -0.2) is 4.79 Å². The molecule has 2 heterocycles. The molecule has 21 heavy (non-hydrogen) atoms. The molecule has 0 radical (unpaired) electrons. The van der Waals surface area contributed by atoms with Crippen LogP contribution in [0.3, 0.4) is 0 Å². The van der Waals surface area contributed by atoms with E-state index in [-0.39, 0.29) is 11.3 Å². The Hall–Kier alpha value is -2.08. The van der Waals surface area contributed by atoms with E-state index in [1.165, 1.54) is 17.6 Å². The molecular formula is C15H15NO4S.